The van der Waals surface area contributed by atoms with E-state index in [0.717, 1.165) is 59.6 Å². The van der Waals surface area contributed by atoms with Gasteiger partial charge in [0.05, 0.1) is 11.3 Å². The van der Waals surface area contributed by atoms with Gasteiger partial charge < -0.3 is 4.90 Å². The van der Waals surface area contributed by atoms with Crippen LogP contribution in [0, 0.1) is 0 Å². The van der Waals surface area contributed by atoms with Crippen molar-refractivity contribution in [1.29, 1.82) is 0 Å². The van der Waals surface area contributed by atoms with E-state index in [-0.39, 0.29) is 5.69 Å². The Morgan fingerprint density at radius 2 is 1.77 bits per heavy atom. The standard InChI is InChI=1S/C22H21BrF3N3S/c1-30-20-28-19(27-17-7-5-6-15(14-17)22(24,25)26)21(12-3-2-4-13-21)29(20)18-10-8-16(23)9-11-18/h5-11,14H,2-4,12-13H2,1H3. The average Bonchev–Trinajstić information content (AvgIpc) is 3.01. The quantitative estimate of drug-likeness (QED) is 0.432. The molecule has 0 atom stereocenters. The molecule has 1 heterocycles. The molecule has 1 aliphatic heterocycles. The van der Waals surface area contributed by atoms with Crippen LogP contribution in [0.5, 0.6) is 0 Å². The molecule has 1 aliphatic carbocycles. The highest BCUT2D eigenvalue weighted by atomic mass is 79.9. The molecule has 2 aromatic carbocycles. The van der Waals surface area contributed by atoms with Crippen molar-refractivity contribution >= 4 is 50.1 Å². The van der Waals surface area contributed by atoms with E-state index in [4.69, 9.17) is 4.99 Å². The lowest BCUT2D eigenvalue weighted by Crippen LogP contribution is -2.52. The third kappa shape index (κ3) is 4.04. The molecule has 2 aliphatic rings. The summed E-state index contributed by atoms with van der Waals surface area (Å²) in [7, 11) is 0. The first kappa shape index (κ1) is 21.4. The SMILES string of the molecule is CSC1=NC(=Nc2cccc(C(F)(F)F)c2)C2(CCCCC2)N1c1ccc(Br)cc1. The van der Waals surface area contributed by atoms with Gasteiger partial charge in [-0.25, -0.2) is 9.98 Å². The molecule has 1 spiro atoms. The average molecular weight is 496 g/mol. The molecule has 158 valence electrons. The van der Waals surface area contributed by atoms with Crippen molar-refractivity contribution in [3.8, 4) is 0 Å². The number of thioether (sulfide) groups is 1. The van der Waals surface area contributed by atoms with Gasteiger partial charge in [-0.05, 0) is 61.6 Å². The Morgan fingerprint density at radius 3 is 2.40 bits per heavy atom. The van der Waals surface area contributed by atoms with Gasteiger partial charge >= 0.3 is 6.18 Å². The minimum Gasteiger partial charge on any atom is -0.307 e. The Hall–Kier alpha value is -1.80. The Morgan fingerprint density at radius 1 is 1.07 bits per heavy atom. The topological polar surface area (TPSA) is 28.0 Å². The first-order valence-electron chi connectivity index (χ1n) is 9.78. The fourth-order valence-corrected chi connectivity index (χ4v) is 5.10. The molecular formula is C22H21BrF3N3S. The van der Waals surface area contributed by atoms with Crippen LogP contribution in [0.1, 0.15) is 37.7 Å². The summed E-state index contributed by atoms with van der Waals surface area (Å²) in [5.74, 6) is 0.605. The monoisotopic (exact) mass is 495 g/mol. The van der Waals surface area contributed by atoms with Crippen LogP contribution in [0.2, 0.25) is 0 Å². The summed E-state index contributed by atoms with van der Waals surface area (Å²) in [4.78, 5) is 11.7. The molecule has 0 amide bonds. The van der Waals surface area contributed by atoms with Crippen LogP contribution in [0.4, 0.5) is 24.5 Å². The van der Waals surface area contributed by atoms with E-state index < -0.39 is 17.3 Å². The second-order valence-electron chi connectivity index (χ2n) is 7.49. The Balaban J connectivity index is 1.82. The van der Waals surface area contributed by atoms with Crippen LogP contribution in [-0.4, -0.2) is 22.8 Å². The van der Waals surface area contributed by atoms with Gasteiger partial charge in [0.2, 0.25) is 0 Å². The molecule has 8 heteroatoms. The highest BCUT2D eigenvalue weighted by Crippen LogP contribution is 2.44. The maximum Gasteiger partial charge on any atom is 0.416 e. The molecule has 0 radical (unpaired) electrons. The molecule has 1 fully saturated rings. The Labute approximate surface area is 186 Å². The maximum absolute atomic E-state index is 13.2. The number of hydrogen-bond acceptors (Lipinski definition) is 3. The number of halogens is 4. The summed E-state index contributed by atoms with van der Waals surface area (Å²) in [6.07, 6.45) is 2.52. The van der Waals surface area contributed by atoms with Gasteiger partial charge in [-0.15, -0.1) is 0 Å². The van der Waals surface area contributed by atoms with Crippen molar-refractivity contribution in [3.05, 3.63) is 58.6 Å². The van der Waals surface area contributed by atoms with Crippen molar-refractivity contribution in [1.82, 2.24) is 0 Å². The fraction of sp³-hybridized carbons (Fsp3) is 0.364. The molecule has 0 bridgehead atoms. The summed E-state index contributed by atoms with van der Waals surface area (Å²) >= 11 is 5.02. The minimum absolute atomic E-state index is 0.284. The number of rotatable bonds is 2. The van der Waals surface area contributed by atoms with Crippen LogP contribution < -0.4 is 4.90 Å². The lowest BCUT2D eigenvalue weighted by atomic mass is 9.79. The van der Waals surface area contributed by atoms with Crippen LogP contribution in [0.25, 0.3) is 0 Å². The number of hydrogen-bond donors (Lipinski definition) is 0. The molecule has 0 saturated heterocycles. The van der Waals surface area contributed by atoms with Crippen LogP contribution in [0.15, 0.2) is 63.0 Å². The zero-order valence-corrected chi connectivity index (χ0v) is 18.8. The molecule has 3 nitrogen and oxygen atoms in total. The van der Waals surface area contributed by atoms with E-state index in [2.05, 4.69) is 25.8 Å². The summed E-state index contributed by atoms with van der Waals surface area (Å²) in [6, 6.07) is 13.2. The zero-order chi connectivity index (χ0) is 21.4. The highest BCUT2D eigenvalue weighted by molar-refractivity contribution is 9.10. The zero-order valence-electron chi connectivity index (χ0n) is 16.4. The summed E-state index contributed by atoms with van der Waals surface area (Å²) in [5.41, 5.74) is 0.173. The third-order valence-electron chi connectivity index (χ3n) is 5.59. The van der Waals surface area contributed by atoms with Gasteiger partial charge in [0.1, 0.15) is 5.54 Å². The second-order valence-corrected chi connectivity index (χ2v) is 9.18. The van der Waals surface area contributed by atoms with Crippen molar-refractivity contribution < 1.29 is 13.2 Å². The van der Waals surface area contributed by atoms with E-state index in [1.807, 2.05) is 30.5 Å². The van der Waals surface area contributed by atoms with Gasteiger partial charge in [0, 0.05) is 10.2 Å². The minimum atomic E-state index is -4.40. The number of anilines is 1. The predicted octanol–water partition coefficient (Wildman–Crippen LogP) is 7.44. The van der Waals surface area contributed by atoms with E-state index >= 15 is 0 Å². The van der Waals surface area contributed by atoms with Gasteiger partial charge in [-0.2, -0.15) is 13.2 Å². The largest absolute Gasteiger partial charge is 0.416 e. The molecule has 30 heavy (non-hydrogen) atoms. The predicted molar refractivity (Wildman–Crippen MR) is 122 cm³/mol. The molecule has 0 aromatic heterocycles. The number of aliphatic imine (C=N–C) groups is 2. The lowest BCUT2D eigenvalue weighted by molar-refractivity contribution is -0.137. The summed E-state index contributed by atoms with van der Waals surface area (Å²) in [6.45, 7) is 0. The van der Waals surface area contributed by atoms with E-state index in [1.54, 1.807) is 6.07 Å². The summed E-state index contributed by atoms with van der Waals surface area (Å²) in [5, 5.41) is 0.824. The molecule has 4 rings (SSSR count). The van der Waals surface area contributed by atoms with E-state index in [0.29, 0.717) is 5.84 Å². The molecule has 0 N–H and O–H groups in total. The number of alkyl halides is 3. The van der Waals surface area contributed by atoms with Crippen molar-refractivity contribution in [2.24, 2.45) is 9.98 Å². The van der Waals surface area contributed by atoms with Crippen molar-refractivity contribution in [2.75, 3.05) is 11.2 Å². The van der Waals surface area contributed by atoms with Gasteiger partial charge in [0.25, 0.3) is 0 Å². The highest BCUT2D eigenvalue weighted by Gasteiger charge is 2.49. The molecular weight excluding hydrogens is 475 g/mol. The first-order valence-corrected chi connectivity index (χ1v) is 11.8. The fourth-order valence-electron chi connectivity index (χ4n) is 4.20. The van der Waals surface area contributed by atoms with Crippen LogP contribution in [-0.2, 0) is 6.18 Å². The molecule has 0 unspecified atom stereocenters. The van der Waals surface area contributed by atoms with Crippen LogP contribution in [0.3, 0.4) is 0 Å². The van der Waals surface area contributed by atoms with Crippen molar-refractivity contribution in [2.45, 2.75) is 43.8 Å². The first-order chi connectivity index (χ1) is 14.3. The van der Waals surface area contributed by atoms with Gasteiger partial charge in [-0.3, -0.25) is 0 Å². The van der Waals surface area contributed by atoms with Crippen molar-refractivity contribution in [3.63, 3.8) is 0 Å². The molecule has 2 aromatic rings. The lowest BCUT2D eigenvalue weighted by Gasteiger charge is -2.42. The summed E-state index contributed by atoms with van der Waals surface area (Å²) < 4.78 is 40.5. The Kier molecular flexibility index (Phi) is 5.99. The van der Waals surface area contributed by atoms with Gasteiger partial charge in [0.15, 0.2) is 11.0 Å². The third-order valence-corrected chi connectivity index (χ3v) is 6.76. The number of amidine groups is 2. The number of nitrogens with zero attached hydrogens (tertiary/aromatic N) is 3. The van der Waals surface area contributed by atoms with Crippen LogP contribution >= 0.6 is 27.7 Å². The van der Waals surface area contributed by atoms with E-state index in [1.165, 1.54) is 17.8 Å². The number of benzene rings is 2. The molecule has 1 saturated carbocycles. The van der Waals surface area contributed by atoms with E-state index in [9.17, 15) is 13.2 Å². The second kappa shape index (κ2) is 8.38. The maximum atomic E-state index is 13.2. The Bertz CT molecular complexity index is 980. The normalized spacial score (nSPS) is 20.1. The smallest absolute Gasteiger partial charge is 0.307 e. The van der Waals surface area contributed by atoms with Gasteiger partial charge in [-0.1, -0.05) is 53.0 Å².